The summed E-state index contributed by atoms with van der Waals surface area (Å²) >= 11 is 0. The second kappa shape index (κ2) is 8.76. The molecule has 0 heterocycles. The first-order valence-electron chi connectivity index (χ1n) is 8.79. The first-order valence-corrected chi connectivity index (χ1v) is 10.3. The number of amides is 1. The number of anilines is 2. The van der Waals surface area contributed by atoms with Gasteiger partial charge in [-0.25, -0.2) is 13.6 Å². The van der Waals surface area contributed by atoms with Crippen molar-refractivity contribution in [3.63, 3.8) is 0 Å². The Hall–Kier alpha value is -3.36. The molecule has 1 amide bonds. The van der Waals surface area contributed by atoms with Crippen LogP contribution in [0.3, 0.4) is 0 Å². The van der Waals surface area contributed by atoms with Gasteiger partial charge in [0.2, 0.25) is 15.9 Å². The second-order valence-electron chi connectivity index (χ2n) is 6.36. The number of hydrogen-bond acceptors (Lipinski definition) is 5. The molecule has 3 rings (SSSR count). The first-order chi connectivity index (χ1) is 13.8. The molecular formula is C21H21N3O4S. The predicted octanol–water partition coefficient (Wildman–Crippen LogP) is 3.20. The van der Waals surface area contributed by atoms with Crippen molar-refractivity contribution in [1.82, 2.24) is 0 Å². The van der Waals surface area contributed by atoms with Gasteiger partial charge in [0.1, 0.15) is 5.75 Å². The van der Waals surface area contributed by atoms with E-state index in [9.17, 15) is 13.2 Å². The molecule has 0 aromatic heterocycles. The number of primary sulfonamides is 1. The molecule has 3 N–H and O–H groups in total. The number of ether oxygens (including phenoxy) is 1. The fourth-order valence-electron chi connectivity index (χ4n) is 2.73. The van der Waals surface area contributed by atoms with E-state index in [0.717, 1.165) is 5.69 Å². The van der Waals surface area contributed by atoms with Crippen LogP contribution in [0.2, 0.25) is 0 Å². The van der Waals surface area contributed by atoms with Crippen LogP contribution >= 0.6 is 0 Å². The predicted molar refractivity (Wildman–Crippen MR) is 113 cm³/mol. The average Bonchev–Trinajstić information content (AvgIpc) is 2.68. The maximum Gasteiger partial charge on any atom is 0.243 e. The number of nitrogens with two attached hydrogens (primary N) is 1. The number of hydrogen-bond donors (Lipinski definition) is 2. The summed E-state index contributed by atoms with van der Waals surface area (Å²) in [6, 6.07) is 22.6. The average molecular weight is 411 g/mol. The van der Waals surface area contributed by atoms with Crippen LogP contribution in [-0.2, 0) is 14.8 Å². The Kier molecular flexibility index (Phi) is 6.16. The molecule has 3 aromatic rings. The summed E-state index contributed by atoms with van der Waals surface area (Å²) in [7, 11) is -2.07. The van der Waals surface area contributed by atoms with Crippen molar-refractivity contribution in [3.05, 3.63) is 78.9 Å². The van der Waals surface area contributed by atoms with E-state index in [4.69, 9.17) is 9.88 Å². The van der Waals surface area contributed by atoms with Gasteiger partial charge in [-0.05, 0) is 42.5 Å². The molecule has 0 bridgehead atoms. The molecule has 8 heteroatoms. The Morgan fingerprint density at radius 3 is 2.41 bits per heavy atom. The largest absolute Gasteiger partial charge is 0.455 e. The number of rotatable bonds is 7. The molecule has 7 nitrogen and oxygen atoms in total. The highest BCUT2D eigenvalue weighted by Gasteiger charge is 2.14. The van der Waals surface area contributed by atoms with Gasteiger partial charge in [-0.3, -0.25) is 4.79 Å². The van der Waals surface area contributed by atoms with E-state index in [2.05, 4.69) is 5.32 Å². The van der Waals surface area contributed by atoms with Crippen molar-refractivity contribution in [2.75, 3.05) is 23.8 Å². The molecule has 0 radical (unpaired) electrons. The van der Waals surface area contributed by atoms with Gasteiger partial charge in [-0.15, -0.1) is 0 Å². The minimum Gasteiger partial charge on any atom is -0.455 e. The van der Waals surface area contributed by atoms with Gasteiger partial charge in [0.25, 0.3) is 0 Å². The summed E-state index contributed by atoms with van der Waals surface area (Å²) in [5.41, 5.74) is 1.09. The minimum atomic E-state index is -3.84. The third-order valence-corrected chi connectivity index (χ3v) is 4.99. The summed E-state index contributed by atoms with van der Waals surface area (Å²) in [5.74, 6) is 0.997. The molecule has 0 aliphatic heterocycles. The molecule has 0 unspecified atom stereocenters. The van der Waals surface area contributed by atoms with Gasteiger partial charge < -0.3 is 15.0 Å². The Labute approximate surface area is 169 Å². The van der Waals surface area contributed by atoms with Crippen LogP contribution in [0.5, 0.6) is 11.5 Å². The molecule has 150 valence electrons. The van der Waals surface area contributed by atoms with Crippen LogP contribution < -0.4 is 20.1 Å². The minimum absolute atomic E-state index is 0.0365. The fourth-order valence-corrected chi connectivity index (χ4v) is 3.29. The quantitative estimate of drug-likeness (QED) is 0.622. The zero-order valence-corrected chi connectivity index (χ0v) is 16.6. The zero-order chi connectivity index (χ0) is 20.9. The van der Waals surface area contributed by atoms with Crippen LogP contribution in [0.1, 0.15) is 0 Å². The van der Waals surface area contributed by atoms with Crippen molar-refractivity contribution < 1.29 is 17.9 Å². The standard InChI is InChI=1S/C21H21N3O4S/c1-24(15-21(25)23-16-8-7-11-18(14-16)29(22,26)27)19-12-5-6-13-20(19)28-17-9-3-2-4-10-17/h2-14H,15H2,1H3,(H,23,25)(H2,22,26,27). The van der Waals surface area contributed by atoms with Gasteiger partial charge in [-0.1, -0.05) is 36.4 Å². The van der Waals surface area contributed by atoms with E-state index in [0.29, 0.717) is 17.2 Å². The molecule has 0 spiro atoms. The van der Waals surface area contributed by atoms with Crippen molar-refractivity contribution >= 4 is 27.3 Å². The lowest BCUT2D eigenvalue weighted by molar-refractivity contribution is -0.114. The van der Waals surface area contributed by atoms with Crippen LogP contribution in [0, 0.1) is 0 Å². The fraction of sp³-hybridized carbons (Fsp3) is 0.0952. The summed E-state index contributed by atoms with van der Waals surface area (Å²) in [6.07, 6.45) is 0. The molecule has 0 fully saturated rings. The Bertz CT molecular complexity index is 1100. The number of likely N-dealkylation sites (N-methyl/N-ethyl adjacent to an activating group) is 1. The van der Waals surface area contributed by atoms with E-state index < -0.39 is 10.0 Å². The highest BCUT2D eigenvalue weighted by Crippen LogP contribution is 2.31. The zero-order valence-electron chi connectivity index (χ0n) is 15.8. The van der Waals surface area contributed by atoms with Crippen molar-refractivity contribution in [2.45, 2.75) is 4.90 Å². The Morgan fingerprint density at radius 1 is 1.00 bits per heavy atom. The second-order valence-corrected chi connectivity index (χ2v) is 7.92. The maximum absolute atomic E-state index is 12.5. The number of nitrogens with one attached hydrogen (secondary N) is 1. The van der Waals surface area contributed by atoms with Crippen LogP contribution in [0.25, 0.3) is 0 Å². The monoisotopic (exact) mass is 411 g/mol. The van der Waals surface area contributed by atoms with Gasteiger partial charge in [0.05, 0.1) is 17.1 Å². The lowest BCUT2D eigenvalue weighted by Crippen LogP contribution is -2.30. The first kappa shape index (κ1) is 20.4. The van der Waals surface area contributed by atoms with Crippen molar-refractivity contribution in [3.8, 4) is 11.5 Å². The molecular weight excluding hydrogens is 390 g/mol. The molecule has 0 aliphatic carbocycles. The van der Waals surface area contributed by atoms with Crippen molar-refractivity contribution in [1.29, 1.82) is 0 Å². The highest BCUT2D eigenvalue weighted by atomic mass is 32.2. The summed E-state index contributed by atoms with van der Waals surface area (Å²) < 4.78 is 28.9. The van der Waals surface area contributed by atoms with Gasteiger partial charge in [-0.2, -0.15) is 0 Å². The maximum atomic E-state index is 12.5. The lowest BCUT2D eigenvalue weighted by atomic mass is 10.2. The third-order valence-electron chi connectivity index (χ3n) is 4.07. The van der Waals surface area contributed by atoms with E-state index in [1.165, 1.54) is 18.2 Å². The van der Waals surface area contributed by atoms with E-state index in [1.807, 2.05) is 54.6 Å². The molecule has 0 saturated carbocycles. The van der Waals surface area contributed by atoms with Crippen LogP contribution in [-0.4, -0.2) is 27.9 Å². The summed E-state index contributed by atoms with van der Waals surface area (Å²) in [6.45, 7) is 0.0365. The van der Waals surface area contributed by atoms with Crippen LogP contribution in [0.4, 0.5) is 11.4 Å². The molecule has 29 heavy (non-hydrogen) atoms. The van der Waals surface area contributed by atoms with Gasteiger partial charge in [0, 0.05) is 12.7 Å². The molecule has 0 aliphatic rings. The van der Waals surface area contributed by atoms with E-state index in [-0.39, 0.29) is 17.3 Å². The number of nitrogens with zero attached hydrogens (tertiary/aromatic N) is 1. The normalized spacial score (nSPS) is 11.0. The smallest absolute Gasteiger partial charge is 0.243 e. The molecule has 0 atom stereocenters. The highest BCUT2D eigenvalue weighted by molar-refractivity contribution is 7.89. The number of carbonyl (C=O) groups excluding carboxylic acids is 1. The number of benzene rings is 3. The third kappa shape index (κ3) is 5.56. The molecule has 3 aromatic carbocycles. The topological polar surface area (TPSA) is 102 Å². The SMILES string of the molecule is CN(CC(=O)Nc1cccc(S(N)(=O)=O)c1)c1ccccc1Oc1ccccc1. The van der Waals surface area contributed by atoms with E-state index in [1.54, 1.807) is 18.0 Å². The summed E-state index contributed by atoms with van der Waals surface area (Å²) in [5, 5.41) is 7.81. The Morgan fingerprint density at radius 2 is 1.69 bits per heavy atom. The number of carbonyl (C=O) groups is 1. The van der Waals surface area contributed by atoms with Gasteiger partial charge >= 0.3 is 0 Å². The Balaban J connectivity index is 1.71. The van der Waals surface area contributed by atoms with E-state index >= 15 is 0 Å². The molecule has 0 saturated heterocycles. The van der Waals surface area contributed by atoms with Gasteiger partial charge in [0.15, 0.2) is 5.75 Å². The number of para-hydroxylation sites is 3. The van der Waals surface area contributed by atoms with Crippen LogP contribution in [0.15, 0.2) is 83.8 Å². The number of sulfonamides is 1. The summed E-state index contributed by atoms with van der Waals surface area (Å²) in [4.78, 5) is 14.1. The van der Waals surface area contributed by atoms with Crippen molar-refractivity contribution in [2.24, 2.45) is 5.14 Å². The lowest BCUT2D eigenvalue weighted by Gasteiger charge is -2.22.